The fraction of sp³-hybridized carbons (Fsp3) is 0.867. The molecule has 0 heterocycles. The predicted octanol–water partition coefficient (Wildman–Crippen LogP) is 1.50. The van der Waals surface area contributed by atoms with Gasteiger partial charge >= 0.3 is 0 Å². The van der Waals surface area contributed by atoms with E-state index in [0.717, 1.165) is 19.4 Å². The molecule has 5 heteroatoms. The fourth-order valence-corrected chi connectivity index (χ4v) is 1.26. The van der Waals surface area contributed by atoms with Crippen molar-refractivity contribution >= 4 is 0 Å². The molecule has 0 N–H and O–H groups in total. The molecule has 0 aromatic rings. The average molecular weight is 288 g/mol. The number of rotatable bonds is 16. The van der Waals surface area contributed by atoms with Crippen LogP contribution in [0.25, 0.3) is 0 Å². The second-order valence-corrected chi connectivity index (χ2v) is 4.06. The van der Waals surface area contributed by atoms with Gasteiger partial charge in [0.25, 0.3) is 0 Å². The second kappa shape index (κ2) is 18.4. The number of ether oxygens (including phenoxy) is 5. The lowest BCUT2D eigenvalue weighted by Gasteiger charge is -2.07. The molecule has 0 saturated carbocycles. The van der Waals surface area contributed by atoms with Crippen LogP contribution in [0.15, 0.2) is 0 Å². The predicted molar refractivity (Wildman–Crippen MR) is 77.8 cm³/mol. The molecule has 0 rings (SSSR count). The molecule has 0 aliphatic rings. The maximum absolute atomic E-state index is 5.36. The molecule has 0 aromatic carbocycles. The zero-order valence-electron chi connectivity index (χ0n) is 12.6. The van der Waals surface area contributed by atoms with Crippen LogP contribution in [0.2, 0.25) is 0 Å². The number of hydrogen-bond acceptors (Lipinski definition) is 5. The van der Waals surface area contributed by atoms with Crippen LogP contribution >= 0.6 is 0 Å². The van der Waals surface area contributed by atoms with E-state index in [1.54, 1.807) is 0 Å². The van der Waals surface area contributed by atoms with Gasteiger partial charge in [-0.25, -0.2) is 0 Å². The van der Waals surface area contributed by atoms with Gasteiger partial charge in [0, 0.05) is 6.61 Å². The molecular weight excluding hydrogens is 260 g/mol. The van der Waals surface area contributed by atoms with Crippen molar-refractivity contribution in [3.05, 3.63) is 0 Å². The van der Waals surface area contributed by atoms with E-state index < -0.39 is 0 Å². The van der Waals surface area contributed by atoms with Crippen molar-refractivity contribution in [1.82, 2.24) is 0 Å². The fourth-order valence-electron chi connectivity index (χ4n) is 1.26. The molecular formula is C15H28O5. The third-order valence-electron chi connectivity index (χ3n) is 2.32. The summed E-state index contributed by atoms with van der Waals surface area (Å²) in [4.78, 5) is 0. The summed E-state index contributed by atoms with van der Waals surface area (Å²) in [5, 5.41) is 0. The third kappa shape index (κ3) is 17.4. The van der Waals surface area contributed by atoms with Crippen LogP contribution in [0.5, 0.6) is 0 Å². The van der Waals surface area contributed by atoms with Crippen LogP contribution in [-0.2, 0) is 23.7 Å². The Balaban J connectivity index is 2.91. The van der Waals surface area contributed by atoms with Gasteiger partial charge in [0.2, 0.25) is 0 Å². The highest BCUT2D eigenvalue weighted by atomic mass is 16.6. The van der Waals surface area contributed by atoms with Gasteiger partial charge < -0.3 is 23.7 Å². The average Bonchev–Trinajstić information content (AvgIpc) is 2.47. The van der Waals surface area contributed by atoms with E-state index in [9.17, 15) is 0 Å². The molecule has 0 radical (unpaired) electrons. The molecule has 0 spiro atoms. The van der Waals surface area contributed by atoms with Crippen molar-refractivity contribution in [3.63, 3.8) is 0 Å². The first-order valence-electron chi connectivity index (χ1n) is 7.24. The van der Waals surface area contributed by atoms with Crippen molar-refractivity contribution in [3.8, 4) is 12.3 Å². The highest BCUT2D eigenvalue weighted by Crippen LogP contribution is 1.88. The monoisotopic (exact) mass is 288 g/mol. The van der Waals surface area contributed by atoms with Crippen LogP contribution in [0.3, 0.4) is 0 Å². The van der Waals surface area contributed by atoms with Crippen molar-refractivity contribution in [1.29, 1.82) is 0 Å². The van der Waals surface area contributed by atoms with E-state index in [1.807, 2.05) is 0 Å². The van der Waals surface area contributed by atoms with Crippen LogP contribution in [0.1, 0.15) is 19.8 Å². The lowest BCUT2D eigenvalue weighted by Crippen LogP contribution is -2.13. The third-order valence-corrected chi connectivity index (χ3v) is 2.32. The van der Waals surface area contributed by atoms with E-state index in [1.165, 1.54) is 0 Å². The van der Waals surface area contributed by atoms with Gasteiger partial charge in [0.05, 0.1) is 52.9 Å². The second-order valence-electron chi connectivity index (χ2n) is 4.06. The van der Waals surface area contributed by atoms with Gasteiger partial charge in [-0.3, -0.25) is 0 Å². The Bertz CT molecular complexity index is 215. The first-order chi connectivity index (χ1) is 9.91. The summed E-state index contributed by atoms with van der Waals surface area (Å²) >= 11 is 0. The molecule has 0 atom stereocenters. The first-order valence-corrected chi connectivity index (χ1v) is 7.24. The molecule has 20 heavy (non-hydrogen) atoms. The summed E-state index contributed by atoms with van der Waals surface area (Å²) in [5.41, 5.74) is 0. The molecule has 118 valence electrons. The molecule has 0 aliphatic heterocycles. The van der Waals surface area contributed by atoms with Gasteiger partial charge in [-0.15, -0.1) is 6.42 Å². The van der Waals surface area contributed by atoms with Gasteiger partial charge in [0.15, 0.2) is 0 Å². The van der Waals surface area contributed by atoms with Crippen molar-refractivity contribution < 1.29 is 23.7 Å². The van der Waals surface area contributed by atoms with Gasteiger partial charge in [0.1, 0.15) is 6.61 Å². The lowest BCUT2D eigenvalue weighted by atomic mass is 10.4. The molecule has 0 saturated heterocycles. The van der Waals surface area contributed by atoms with Crippen LogP contribution in [0.4, 0.5) is 0 Å². The van der Waals surface area contributed by atoms with Crippen LogP contribution < -0.4 is 0 Å². The van der Waals surface area contributed by atoms with Crippen molar-refractivity contribution in [2.75, 3.05) is 66.1 Å². The van der Waals surface area contributed by atoms with Crippen molar-refractivity contribution in [2.45, 2.75) is 19.8 Å². The Labute approximate surface area is 122 Å². The first kappa shape index (κ1) is 19.4. The Kier molecular flexibility index (Phi) is 17.8. The summed E-state index contributed by atoms with van der Waals surface area (Å²) in [7, 11) is 0. The van der Waals surface area contributed by atoms with E-state index in [4.69, 9.17) is 30.1 Å². The van der Waals surface area contributed by atoms with E-state index in [0.29, 0.717) is 59.5 Å². The maximum atomic E-state index is 5.36. The van der Waals surface area contributed by atoms with Gasteiger partial charge in [-0.2, -0.15) is 0 Å². The van der Waals surface area contributed by atoms with E-state index in [-0.39, 0.29) is 0 Å². The molecule has 0 amide bonds. The Morgan fingerprint density at radius 2 is 1.05 bits per heavy atom. The minimum atomic E-state index is 0.333. The minimum Gasteiger partial charge on any atom is -0.379 e. The Morgan fingerprint density at radius 3 is 1.45 bits per heavy atom. The topological polar surface area (TPSA) is 46.2 Å². The SMILES string of the molecule is C#CCOCCOCCOCCOCCOCCCC. The van der Waals surface area contributed by atoms with Gasteiger partial charge in [-0.1, -0.05) is 19.3 Å². The number of terminal acetylenes is 1. The quantitative estimate of drug-likeness (QED) is 0.318. The van der Waals surface area contributed by atoms with E-state index >= 15 is 0 Å². The van der Waals surface area contributed by atoms with E-state index in [2.05, 4.69) is 12.8 Å². The molecule has 0 aliphatic carbocycles. The zero-order chi connectivity index (χ0) is 14.7. The minimum absolute atomic E-state index is 0.333. The molecule has 5 nitrogen and oxygen atoms in total. The Hall–Kier alpha value is -0.640. The highest BCUT2D eigenvalue weighted by molar-refractivity contribution is 4.82. The molecule has 0 fully saturated rings. The Morgan fingerprint density at radius 1 is 0.650 bits per heavy atom. The summed E-state index contributed by atoms with van der Waals surface area (Å²) in [5.74, 6) is 2.39. The summed E-state index contributed by atoms with van der Waals surface area (Å²) < 4.78 is 26.4. The van der Waals surface area contributed by atoms with Gasteiger partial charge in [-0.05, 0) is 6.42 Å². The summed E-state index contributed by atoms with van der Waals surface area (Å²) in [6, 6.07) is 0. The highest BCUT2D eigenvalue weighted by Gasteiger charge is 1.92. The van der Waals surface area contributed by atoms with Crippen molar-refractivity contribution in [2.24, 2.45) is 0 Å². The lowest BCUT2D eigenvalue weighted by molar-refractivity contribution is -0.00928. The number of unbranched alkanes of at least 4 members (excludes halogenated alkanes) is 1. The standard InChI is InChI=1S/C15H28O5/c1-3-5-7-17-9-11-19-13-15-20-14-12-18-10-8-16-6-4-2/h2H,3,5-15H2,1H3. The molecule has 0 unspecified atom stereocenters. The normalized spacial score (nSPS) is 10.6. The zero-order valence-corrected chi connectivity index (χ0v) is 12.6. The van der Waals surface area contributed by atoms with Crippen LogP contribution in [0, 0.1) is 12.3 Å². The number of hydrogen-bond donors (Lipinski definition) is 0. The van der Waals surface area contributed by atoms with Crippen LogP contribution in [-0.4, -0.2) is 66.1 Å². The summed E-state index contributed by atoms with van der Waals surface area (Å²) in [6.07, 6.45) is 7.30. The smallest absolute Gasteiger partial charge is 0.107 e. The molecule has 0 bridgehead atoms. The summed E-state index contributed by atoms with van der Waals surface area (Å²) in [6.45, 7) is 7.90. The molecule has 0 aromatic heterocycles. The maximum Gasteiger partial charge on any atom is 0.107 e. The largest absolute Gasteiger partial charge is 0.379 e.